The molecule has 0 atom stereocenters. The molecule has 1 amide bonds. The summed E-state index contributed by atoms with van der Waals surface area (Å²) >= 11 is 0. The predicted molar refractivity (Wildman–Crippen MR) is 196 cm³/mol. The van der Waals surface area contributed by atoms with E-state index in [1.165, 1.54) is 17.4 Å². The Bertz CT molecular complexity index is 2630. The third kappa shape index (κ3) is 5.67. The summed E-state index contributed by atoms with van der Waals surface area (Å²) < 4.78 is 56.3. The van der Waals surface area contributed by atoms with E-state index in [1.54, 1.807) is 31.4 Å². The molecule has 5 heterocycles. The van der Waals surface area contributed by atoms with Crippen molar-refractivity contribution < 1.29 is 26.8 Å². The molecule has 1 saturated heterocycles. The summed E-state index contributed by atoms with van der Waals surface area (Å²) in [6.45, 7) is 5.26. The fourth-order valence-corrected chi connectivity index (χ4v) is 7.36. The van der Waals surface area contributed by atoms with Crippen molar-refractivity contribution in [3.05, 3.63) is 95.7 Å². The number of fused-ring (bicyclic) bond motifs is 6. The van der Waals surface area contributed by atoms with E-state index in [9.17, 15) is 13.2 Å². The first-order valence-electron chi connectivity index (χ1n) is 16.5. The lowest BCUT2D eigenvalue weighted by molar-refractivity contribution is 0.0330. The van der Waals surface area contributed by atoms with Gasteiger partial charge in [0.05, 0.1) is 65.7 Å². The number of hydrogen-bond donors (Lipinski definition) is 1. The summed E-state index contributed by atoms with van der Waals surface area (Å²) in [6, 6.07) is 19.7. The first-order chi connectivity index (χ1) is 24.5. The van der Waals surface area contributed by atoms with Gasteiger partial charge in [-0.2, -0.15) is 0 Å². The lowest BCUT2D eigenvalue weighted by Crippen LogP contribution is -2.36. The van der Waals surface area contributed by atoms with Crippen molar-refractivity contribution in [1.82, 2.24) is 24.6 Å². The normalized spacial score (nSPS) is 14.2. The Hall–Kier alpha value is -5.37. The topological polar surface area (TPSA) is 122 Å². The van der Waals surface area contributed by atoms with Crippen molar-refractivity contribution in [2.45, 2.75) is 13.5 Å². The molecule has 260 valence electrons. The Kier molecular flexibility index (Phi) is 8.01. The third-order valence-corrected chi connectivity index (χ3v) is 10.8. The molecule has 1 aliphatic rings. The number of pyridine rings is 1. The van der Waals surface area contributed by atoms with Crippen LogP contribution in [-0.2, 0) is 21.3 Å². The number of rotatable bonds is 7. The van der Waals surface area contributed by atoms with Crippen molar-refractivity contribution in [3.8, 4) is 22.6 Å². The van der Waals surface area contributed by atoms with E-state index in [0.29, 0.717) is 86.4 Å². The number of ether oxygens (including phenoxy) is 1. The third-order valence-electron chi connectivity index (χ3n) is 9.61. The smallest absolute Gasteiger partial charge is 0.255 e. The van der Waals surface area contributed by atoms with E-state index in [-0.39, 0.29) is 11.7 Å². The summed E-state index contributed by atoms with van der Waals surface area (Å²) in [7, 11) is -0.730. The average molecular weight is 707 g/mol. The lowest BCUT2D eigenvalue weighted by atomic mass is 10.00. The number of amides is 1. The number of carbonyl (C=O) groups is 1. The molecule has 8 rings (SSSR count). The van der Waals surface area contributed by atoms with E-state index in [0.717, 1.165) is 36.2 Å². The quantitative estimate of drug-likeness (QED) is 0.210. The Morgan fingerprint density at radius 2 is 1.76 bits per heavy atom. The number of benzene rings is 3. The molecule has 7 aromatic rings. The van der Waals surface area contributed by atoms with Crippen molar-refractivity contribution in [2.75, 3.05) is 51.0 Å². The van der Waals surface area contributed by atoms with Crippen LogP contribution in [0.3, 0.4) is 0 Å². The Morgan fingerprint density at radius 3 is 2.49 bits per heavy atom. The van der Waals surface area contributed by atoms with Gasteiger partial charge in [0.1, 0.15) is 23.0 Å². The Labute approximate surface area is 293 Å². The highest BCUT2D eigenvalue weighted by molar-refractivity contribution is 7.92. The zero-order chi connectivity index (χ0) is 35.6. The van der Waals surface area contributed by atoms with Gasteiger partial charge < -0.3 is 14.5 Å². The minimum absolute atomic E-state index is 0.309. The summed E-state index contributed by atoms with van der Waals surface area (Å²) in [5, 5.41) is 4.38. The highest BCUT2D eigenvalue weighted by Gasteiger charge is 2.27. The van der Waals surface area contributed by atoms with Crippen molar-refractivity contribution in [3.63, 3.8) is 0 Å². The molecule has 1 fully saturated rings. The van der Waals surface area contributed by atoms with E-state index in [4.69, 9.17) is 19.1 Å². The van der Waals surface area contributed by atoms with Crippen LogP contribution >= 0.6 is 0 Å². The first kappa shape index (κ1) is 32.8. The molecule has 0 spiro atoms. The molecule has 0 unspecified atom stereocenters. The SMILES string of the molecule is CNC(=O)c1c(-c2ccc(C)cc2)oc2cc(N(C)S(C)(=O)=O)c(-c3cc4c(cn3)nc(CN3CCOCC3)n3c5cccc(F)c5cc43)cc12. The van der Waals surface area contributed by atoms with Crippen LogP contribution in [0.1, 0.15) is 21.7 Å². The van der Waals surface area contributed by atoms with E-state index < -0.39 is 10.0 Å². The average Bonchev–Trinajstić information content (AvgIpc) is 3.71. The number of morpholine rings is 1. The van der Waals surface area contributed by atoms with E-state index in [2.05, 4.69) is 10.2 Å². The van der Waals surface area contributed by atoms with Gasteiger partial charge in [-0.05, 0) is 37.3 Å². The van der Waals surface area contributed by atoms with E-state index in [1.807, 2.05) is 53.8 Å². The molecule has 0 saturated carbocycles. The van der Waals surface area contributed by atoms with Gasteiger partial charge in [0.2, 0.25) is 10.0 Å². The fourth-order valence-electron chi connectivity index (χ4n) is 6.85. The number of halogens is 1. The molecule has 11 nitrogen and oxygen atoms in total. The lowest BCUT2D eigenvalue weighted by Gasteiger charge is -2.26. The number of aromatic nitrogens is 3. The largest absolute Gasteiger partial charge is 0.455 e. The van der Waals surface area contributed by atoms with Gasteiger partial charge in [0.15, 0.2) is 0 Å². The fraction of sp³-hybridized carbons (Fsp3) is 0.237. The van der Waals surface area contributed by atoms with Crippen LogP contribution in [0, 0.1) is 12.7 Å². The number of nitrogens with zero attached hydrogens (tertiary/aromatic N) is 5. The number of aryl methyl sites for hydroxylation is 1. The zero-order valence-electron chi connectivity index (χ0n) is 28.5. The molecular weight excluding hydrogens is 672 g/mol. The van der Waals surface area contributed by atoms with Crippen LogP contribution in [-0.4, -0.2) is 80.2 Å². The molecule has 13 heteroatoms. The highest BCUT2D eigenvalue weighted by Crippen LogP contribution is 2.42. The van der Waals surface area contributed by atoms with Crippen molar-refractivity contribution in [1.29, 1.82) is 0 Å². The summed E-state index contributed by atoms with van der Waals surface area (Å²) in [6.07, 6.45) is 2.78. The number of carbonyl (C=O) groups excluding carboxylic acids is 1. The van der Waals surface area contributed by atoms with Gasteiger partial charge >= 0.3 is 0 Å². The van der Waals surface area contributed by atoms with Gasteiger partial charge in [-0.1, -0.05) is 35.9 Å². The maximum atomic E-state index is 15.3. The minimum atomic E-state index is -3.74. The maximum Gasteiger partial charge on any atom is 0.255 e. The van der Waals surface area contributed by atoms with Crippen LogP contribution in [0.2, 0.25) is 0 Å². The van der Waals surface area contributed by atoms with Crippen molar-refractivity contribution in [2.24, 2.45) is 0 Å². The number of anilines is 1. The van der Waals surface area contributed by atoms with E-state index >= 15 is 4.39 Å². The summed E-state index contributed by atoms with van der Waals surface area (Å²) in [5.41, 5.74) is 5.64. The zero-order valence-corrected chi connectivity index (χ0v) is 29.3. The molecule has 1 N–H and O–H groups in total. The van der Waals surface area contributed by atoms with Gasteiger partial charge in [-0.15, -0.1) is 0 Å². The number of sulfonamides is 1. The van der Waals surface area contributed by atoms with Crippen molar-refractivity contribution >= 4 is 59.9 Å². The molecule has 4 aromatic heterocycles. The number of hydrogen-bond acceptors (Lipinski definition) is 8. The van der Waals surface area contributed by atoms with Crippen LogP contribution in [0.4, 0.5) is 10.1 Å². The predicted octanol–water partition coefficient (Wildman–Crippen LogP) is 6.15. The molecule has 0 radical (unpaired) electrons. The van der Waals surface area contributed by atoms with Crippen LogP contribution in [0.15, 0.2) is 77.3 Å². The Balaban J connectivity index is 1.39. The number of nitrogens with one attached hydrogen (secondary N) is 1. The monoisotopic (exact) mass is 706 g/mol. The highest BCUT2D eigenvalue weighted by atomic mass is 32.2. The second kappa shape index (κ2) is 12.4. The second-order valence-corrected chi connectivity index (χ2v) is 14.9. The van der Waals surface area contributed by atoms with Crippen LogP contribution in [0.25, 0.3) is 60.9 Å². The van der Waals surface area contributed by atoms with Gasteiger partial charge in [-0.25, -0.2) is 17.8 Å². The van der Waals surface area contributed by atoms with Crippen LogP contribution in [0.5, 0.6) is 0 Å². The number of furan rings is 1. The Morgan fingerprint density at radius 1 is 1.00 bits per heavy atom. The molecule has 51 heavy (non-hydrogen) atoms. The van der Waals surface area contributed by atoms with Crippen LogP contribution < -0.4 is 9.62 Å². The standard InChI is InChI=1S/C38H35FN6O5S/c1-22-8-10-23(11-9-22)37-36(38(46)40-2)27-16-25(32(19-34(27)50-37)43(3)51(4,47)48)29-17-26-30(20-41-29)42-35(21-44-12-14-49-15-13-44)45-31-7-5-6-28(39)24(31)18-33(26)45/h5-11,16-20H,12-15,21H2,1-4H3,(H,40,46). The molecule has 3 aromatic carbocycles. The maximum absolute atomic E-state index is 15.3. The second-order valence-electron chi connectivity index (χ2n) is 12.9. The van der Waals surface area contributed by atoms with Gasteiger partial charge in [0.25, 0.3) is 5.91 Å². The molecule has 1 aliphatic heterocycles. The molecule has 0 bridgehead atoms. The molecule has 0 aliphatic carbocycles. The van der Waals surface area contributed by atoms with Gasteiger partial charge in [-0.3, -0.25) is 23.4 Å². The first-order valence-corrected chi connectivity index (χ1v) is 18.4. The van der Waals surface area contributed by atoms with Gasteiger partial charge in [0, 0.05) is 60.5 Å². The summed E-state index contributed by atoms with van der Waals surface area (Å²) in [5.74, 6) is 0.406. The minimum Gasteiger partial charge on any atom is -0.455 e. The molecular formula is C38H35FN6O5S. The summed E-state index contributed by atoms with van der Waals surface area (Å²) in [4.78, 5) is 25.6.